The molecule has 1 heterocycles. The Labute approximate surface area is 157 Å². The van der Waals surface area contributed by atoms with Gasteiger partial charge in [-0.2, -0.15) is 0 Å². The van der Waals surface area contributed by atoms with Crippen LogP contribution in [-0.4, -0.2) is 10.9 Å². The lowest BCUT2D eigenvalue weighted by Gasteiger charge is -2.06. The van der Waals surface area contributed by atoms with Crippen molar-refractivity contribution < 1.29 is 14.3 Å². The van der Waals surface area contributed by atoms with Crippen LogP contribution in [0.3, 0.4) is 0 Å². The number of furan rings is 1. The van der Waals surface area contributed by atoms with Crippen LogP contribution in [0.15, 0.2) is 83.3 Å². The zero-order valence-electron chi connectivity index (χ0n) is 14.8. The highest BCUT2D eigenvalue weighted by atomic mass is 16.4. The first-order chi connectivity index (χ1) is 13.1. The van der Waals surface area contributed by atoms with Crippen molar-refractivity contribution >= 4 is 28.4 Å². The molecule has 1 N–H and O–H groups in total. The van der Waals surface area contributed by atoms with Gasteiger partial charge in [0, 0.05) is 5.56 Å². The standard InChI is InChI=1S/C24H18O3/c1-16-12-13-21-19(14-16)23(26)24(27-21)20(15-17-8-4-2-5-9-17)22(25)18-10-6-3-7-11-18/h2-15,26H,1H3. The van der Waals surface area contributed by atoms with E-state index < -0.39 is 0 Å². The molecular weight excluding hydrogens is 336 g/mol. The van der Waals surface area contributed by atoms with Crippen molar-refractivity contribution in [1.29, 1.82) is 0 Å². The Morgan fingerprint density at radius 2 is 1.59 bits per heavy atom. The number of aryl methyl sites for hydroxylation is 1. The van der Waals surface area contributed by atoms with E-state index in [1.807, 2.05) is 67.6 Å². The number of carbonyl (C=O) groups is 1. The summed E-state index contributed by atoms with van der Waals surface area (Å²) in [5.74, 6) is -0.0287. The van der Waals surface area contributed by atoms with Crippen molar-refractivity contribution in [3.8, 4) is 5.75 Å². The summed E-state index contributed by atoms with van der Waals surface area (Å²) in [5, 5.41) is 11.4. The maximum Gasteiger partial charge on any atom is 0.196 e. The van der Waals surface area contributed by atoms with Gasteiger partial charge in [-0.1, -0.05) is 72.3 Å². The molecule has 4 aromatic rings. The lowest BCUT2D eigenvalue weighted by Crippen LogP contribution is -2.02. The minimum Gasteiger partial charge on any atom is -0.504 e. The van der Waals surface area contributed by atoms with Crippen LogP contribution < -0.4 is 0 Å². The Morgan fingerprint density at radius 3 is 2.30 bits per heavy atom. The van der Waals surface area contributed by atoms with E-state index in [0.29, 0.717) is 22.1 Å². The third kappa shape index (κ3) is 3.27. The van der Waals surface area contributed by atoms with Crippen LogP contribution in [0, 0.1) is 6.92 Å². The molecule has 3 aromatic carbocycles. The first-order valence-corrected chi connectivity index (χ1v) is 8.72. The predicted octanol–water partition coefficient (Wildman–Crippen LogP) is 5.87. The van der Waals surface area contributed by atoms with E-state index in [2.05, 4.69) is 0 Å². The molecule has 27 heavy (non-hydrogen) atoms. The quantitative estimate of drug-likeness (QED) is 0.368. The first-order valence-electron chi connectivity index (χ1n) is 8.72. The molecule has 0 aliphatic rings. The van der Waals surface area contributed by atoms with Gasteiger partial charge in [-0.05, 0) is 30.7 Å². The van der Waals surface area contributed by atoms with Crippen LogP contribution in [0.1, 0.15) is 27.2 Å². The summed E-state index contributed by atoms with van der Waals surface area (Å²) < 4.78 is 5.89. The van der Waals surface area contributed by atoms with Gasteiger partial charge in [0.05, 0.1) is 11.0 Å². The molecule has 3 nitrogen and oxygen atoms in total. The van der Waals surface area contributed by atoms with Gasteiger partial charge in [-0.15, -0.1) is 0 Å². The highest BCUT2D eigenvalue weighted by Crippen LogP contribution is 2.38. The Hall–Kier alpha value is -3.59. The van der Waals surface area contributed by atoms with Gasteiger partial charge in [0.1, 0.15) is 5.58 Å². The van der Waals surface area contributed by atoms with Crippen LogP contribution >= 0.6 is 0 Å². The zero-order valence-corrected chi connectivity index (χ0v) is 14.8. The summed E-state index contributed by atoms with van der Waals surface area (Å²) in [6.45, 7) is 1.95. The number of aromatic hydroxyl groups is 1. The lowest BCUT2D eigenvalue weighted by molar-refractivity contribution is 0.105. The fourth-order valence-electron chi connectivity index (χ4n) is 3.08. The number of hydrogen-bond acceptors (Lipinski definition) is 3. The fraction of sp³-hybridized carbons (Fsp3) is 0.0417. The van der Waals surface area contributed by atoms with Crippen LogP contribution in [0.25, 0.3) is 22.6 Å². The molecule has 0 bridgehead atoms. The second-order valence-electron chi connectivity index (χ2n) is 6.44. The molecule has 0 aliphatic heterocycles. The average Bonchev–Trinajstić information content (AvgIpc) is 3.03. The third-order valence-corrected chi connectivity index (χ3v) is 4.45. The highest BCUT2D eigenvalue weighted by molar-refractivity contribution is 6.32. The van der Waals surface area contributed by atoms with Crippen LogP contribution in [0.2, 0.25) is 0 Å². The molecule has 0 radical (unpaired) electrons. The van der Waals surface area contributed by atoms with E-state index in [4.69, 9.17) is 4.42 Å². The van der Waals surface area contributed by atoms with Gasteiger partial charge in [-0.25, -0.2) is 0 Å². The lowest BCUT2D eigenvalue weighted by atomic mass is 9.98. The molecular formula is C24H18O3. The summed E-state index contributed by atoms with van der Waals surface area (Å²) in [4.78, 5) is 13.2. The molecule has 0 aliphatic carbocycles. The first kappa shape index (κ1) is 16.9. The number of Topliss-reactive ketones (excluding diaryl/α,β-unsaturated/α-hetero) is 1. The summed E-state index contributed by atoms with van der Waals surface area (Å²) >= 11 is 0. The molecule has 132 valence electrons. The molecule has 0 amide bonds. The molecule has 0 unspecified atom stereocenters. The van der Waals surface area contributed by atoms with E-state index in [0.717, 1.165) is 11.1 Å². The minimum atomic E-state index is -0.203. The fourth-order valence-corrected chi connectivity index (χ4v) is 3.08. The SMILES string of the molecule is Cc1ccc2oc(C(=Cc3ccccc3)C(=O)c3ccccc3)c(O)c2c1. The Balaban J connectivity index is 1.92. The van der Waals surface area contributed by atoms with Crippen molar-refractivity contribution in [1.82, 2.24) is 0 Å². The van der Waals surface area contributed by atoms with E-state index in [-0.39, 0.29) is 17.3 Å². The predicted molar refractivity (Wildman–Crippen MR) is 108 cm³/mol. The molecule has 0 spiro atoms. The van der Waals surface area contributed by atoms with Gasteiger partial charge in [0.15, 0.2) is 17.3 Å². The molecule has 0 fully saturated rings. The van der Waals surface area contributed by atoms with Crippen molar-refractivity contribution in [3.05, 3.63) is 101 Å². The van der Waals surface area contributed by atoms with Gasteiger partial charge < -0.3 is 9.52 Å². The van der Waals surface area contributed by atoms with Crippen molar-refractivity contribution in [2.75, 3.05) is 0 Å². The normalized spacial score (nSPS) is 11.7. The van der Waals surface area contributed by atoms with Crippen molar-refractivity contribution in [2.24, 2.45) is 0 Å². The second kappa shape index (κ2) is 6.96. The van der Waals surface area contributed by atoms with E-state index >= 15 is 0 Å². The molecule has 0 saturated heterocycles. The number of carbonyl (C=O) groups excluding carboxylic acids is 1. The topological polar surface area (TPSA) is 50.4 Å². The molecule has 1 aromatic heterocycles. The summed E-state index contributed by atoms with van der Waals surface area (Å²) in [7, 11) is 0. The average molecular weight is 354 g/mol. The van der Waals surface area contributed by atoms with Crippen molar-refractivity contribution in [2.45, 2.75) is 6.92 Å². The van der Waals surface area contributed by atoms with E-state index in [9.17, 15) is 9.90 Å². The zero-order chi connectivity index (χ0) is 18.8. The number of allylic oxidation sites excluding steroid dienone is 1. The maximum absolute atomic E-state index is 13.2. The van der Waals surface area contributed by atoms with Gasteiger partial charge >= 0.3 is 0 Å². The second-order valence-corrected chi connectivity index (χ2v) is 6.44. The van der Waals surface area contributed by atoms with E-state index in [1.165, 1.54) is 0 Å². The number of benzene rings is 3. The maximum atomic E-state index is 13.2. The molecule has 0 saturated carbocycles. The molecule has 0 atom stereocenters. The Bertz CT molecular complexity index is 1140. The highest BCUT2D eigenvalue weighted by Gasteiger charge is 2.23. The Morgan fingerprint density at radius 1 is 0.926 bits per heavy atom. The minimum absolute atomic E-state index is 0.0137. The summed E-state index contributed by atoms with van der Waals surface area (Å²) in [6.07, 6.45) is 1.75. The number of ketones is 1. The van der Waals surface area contributed by atoms with Gasteiger partial charge in [0.2, 0.25) is 0 Å². The third-order valence-electron chi connectivity index (χ3n) is 4.45. The smallest absolute Gasteiger partial charge is 0.196 e. The van der Waals surface area contributed by atoms with Crippen LogP contribution in [-0.2, 0) is 0 Å². The van der Waals surface area contributed by atoms with Gasteiger partial charge in [0.25, 0.3) is 0 Å². The largest absolute Gasteiger partial charge is 0.504 e. The number of rotatable bonds is 4. The van der Waals surface area contributed by atoms with Crippen molar-refractivity contribution in [3.63, 3.8) is 0 Å². The van der Waals surface area contributed by atoms with Crippen LogP contribution in [0.4, 0.5) is 0 Å². The molecule has 3 heteroatoms. The Kier molecular flexibility index (Phi) is 4.35. The van der Waals surface area contributed by atoms with Gasteiger partial charge in [-0.3, -0.25) is 4.79 Å². The number of fused-ring (bicyclic) bond motifs is 1. The summed E-state index contributed by atoms with van der Waals surface area (Å²) in [5.41, 5.74) is 3.27. The van der Waals surface area contributed by atoms with E-state index in [1.54, 1.807) is 24.3 Å². The van der Waals surface area contributed by atoms with Crippen LogP contribution in [0.5, 0.6) is 5.75 Å². The monoisotopic (exact) mass is 354 g/mol. The molecule has 4 rings (SSSR count). The number of hydrogen-bond donors (Lipinski definition) is 1. The summed E-state index contributed by atoms with van der Waals surface area (Å²) in [6, 6.07) is 24.1.